The van der Waals surface area contributed by atoms with Crippen molar-refractivity contribution in [3.8, 4) is 0 Å². The van der Waals surface area contributed by atoms with Crippen molar-refractivity contribution >= 4 is 27.7 Å². The Kier molecular flexibility index (Phi) is 5.05. The third kappa shape index (κ3) is 4.10. The van der Waals surface area contributed by atoms with Crippen LogP contribution in [0, 0.1) is 0 Å². The molecule has 2 amide bonds. The van der Waals surface area contributed by atoms with E-state index in [2.05, 4.69) is 21.4 Å². The summed E-state index contributed by atoms with van der Waals surface area (Å²) < 4.78 is 39.0. The van der Waals surface area contributed by atoms with Gasteiger partial charge in [-0.1, -0.05) is 24.3 Å². The molecule has 0 atom stereocenters. The third-order valence-electron chi connectivity index (χ3n) is 2.89. The van der Waals surface area contributed by atoms with Crippen LogP contribution in [0.3, 0.4) is 0 Å². The molecule has 0 aliphatic rings. The van der Waals surface area contributed by atoms with Gasteiger partial charge in [-0.25, -0.2) is 0 Å². The van der Waals surface area contributed by atoms with Gasteiger partial charge >= 0.3 is 6.18 Å². The van der Waals surface area contributed by atoms with E-state index < -0.39 is 29.1 Å². The van der Waals surface area contributed by atoms with Gasteiger partial charge in [0.25, 0.3) is 11.8 Å². The predicted molar refractivity (Wildman–Crippen MR) is 80.5 cm³/mol. The van der Waals surface area contributed by atoms with Crippen molar-refractivity contribution in [2.24, 2.45) is 0 Å². The molecule has 0 bridgehead atoms. The van der Waals surface area contributed by atoms with Gasteiger partial charge in [0.1, 0.15) is 0 Å². The molecule has 0 heterocycles. The molecule has 0 saturated carbocycles. The number of hydrogen-bond donors (Lipinski definition) is 2. The van der Waals surface area contributed by atoms with Crippen LogP contribution in [0.4, 0.5) is 13.2 Å². The van der Waals surface area contributed by atoms with Crippen LogP contribution in [0.2, 0.25) is 0 Å². The number of carbonyl (C=O) groups excluding carboxylic acids is 2. The number of nitrogens with one attached hydrogen (secondary N) is 2. The molecule has 0 radical (unpaired) electrons. The normalized spacial score (nSPS) is 11.0. The predicted octanol–water partition coefficient (Wildman–Crippen LogP) is 3.54. The van der Waals surface area contributed by atoms with Crippen molar-refractivity contribution in [1.82, 2.24) is 10.9 Å². The number of hydrogen-bond acceptors (Lipinski definition) is 2. The van der Waals surface area contributed by atoms with Gasteiger partial charge in [-0.15, -0.1) is 0 Å². The maximum atomic E-state index is 12.9. The fourth-order valence-electron chi connectivity index (χ4n) is 1.82. The van der Waals surface area contributed by atoms with Crippen molar-refractivity contribution in [1.29, 1.82) is 0 Å². The highest BCUT2D eigenvalue weighted by atomic mass is 79.9. The maximum Gasteiger partial charge on any atom is 0.417 e. The zero-order chi connectivity index (χ0) is 17.0. The number of alkyl halides is 3. The van der Waals surface area contributed by atoms with E-state index in [0.29, 0.717) is 4.47 Å². The highest BCUT2D eigenvalue weighted by molar-refractivity contribution is 9.10. The molecule has 120 valence electrons. The first kappa shape index (κ1) is 17.0. The fraction of sp³-hybridized carbons (Fsp3) is 0.0667. The van der Waals surface area contributed by atoms with Crippen LogP contribution < -0.4 is 10.9 Å². The Morgan fingerprint density at radius 1 is 0.826 bits per heavy atom. The van der Waals surface area contributed by atoms with Crippen molar-refractivity contribution < 1.29 is 22.8 Å². The molecule has 0 aromatic heterocycles. The average molecular weight is 387 g/mol. The Morgan fingerprint density at radius 2 is 1.30 bits per heavy atom. The van der Waals surface area contributed by atoms with Crippen molar-refractivity contribution in [3.05, 3.63) is 69.7 Å². The van der Waals surface area contributed by atoms with E-state index in [9.17, 15) is 22.8 Å². The Hall–Kier alpha value is -2.35. The van der Waals surface area contributed by atoms with Gasteiger partial charge in [0.15, 0.2) is 0 Å². The van der Waals surface area contributed by atoms with E-state index in [1.807, 2.05) is 5.43 Å². The Morgan fingerprint density at radius 3 is 1.87 bits per heavy atom. The second-order valence-corrected chi connectivity index (χ2v) is 5.29. The molecule has 2 rings (SSSR count). The van der Waals surface area contributed by atoms with E-state index in [0.717, 1.165) is 12.1 Å². The highest BCUT2D eigenvalue weighted by Crippen LogP contribution is 2.31. The van der Waals surface area contributed by atoms with Gasteiger partial charge in [-0.05, 0) is 40.2 Å². The van der Waals surface area contributed by atoms with Crippen LogP contribution in [0.5, 0.6) is 0 Å². The zero-order valence-corrected chi connectivity index (χ0v) is 13.0. The maximum absolute atomic E-state index is 12.9. The summed E-state index contributed by atoms with van der Waals surface area (Å²) in [5.74, 6) is -1.71. The molecule has 0 aliphatic heterocycles. The van der Waals surface area contributed by atoms with Gasteiger partial charge in [0.2, 0.25) is 0 Å². The molecule has 2 aromatic carbocycles. The molecule has 2 aromatic rings. The average Bonchev–Trinajstić information content (AvgIpc) is 2.52. The lowest BCUT2D eigenvalue weighted by atomic mass is 10.1. The minimum Gasteiger partial charge on any atom is -0.267 e. The fourth-order valence-corrected chi connectivity index (χ4v) is 2.29. The zero-order valence-electron chi connectivity index (χ0n) is 11.4. The second-order valence-electron chi connectivity index (χ2n) is 4.43. The van der Waals surface area contributed by atoms with Crippen LogP contribution in [0.1, 0.15) is 26.3 Å². The molecular formula is C15H10BrF3N2O2. The summed E-state index contributed by atoms with van der Waals surface area (Å²) in [7, 11) is 0. The molecule has 2 N–H and O–H groups in total. The summed E-state index contributed by atoms with van der Waals surface area (Å²) in [4.78, 5) is 23.8. The third-order valence-corrected chi connectivity index (χ3v) is 3.58. The van der Waals surface area contributed by atoms with Crippen LogP contribution in [-0.4, -0.2) is 11.8 Å². The van der Waals surface area contributed by atoms with Gasteiger partial charge in [-0.3, -0.25) is 20.4 Å². The van der Waals surface area contributed by atoms with E-state index in [1.165, 1.54) is 18.2 Å². The number of hydrazine groups is 1. The highest BCUT2D eigenvalue weighted by Gasteiger charge is 2.34. The monoisotopic (exact) mass is 386 g/mol. The number of benzene rings is 2. The molecule has 0 aliphatic carbocycles. The van der Waals surface area contributed by atoms with Crippen LogP contribution in [-0.2, 0) is 6.18 Å². The summed E-state index contributed by atoms with van der Waals surface area (Å²) in [5, 5.41) is 0. The number of halogens is 4. The van der Waals surface area contributed by atoms with Crippen LogP contribution >= 0.6 is 15.9 Å². The van der Waals surface area contributed by atoms with E-state index in [1.54, 1.807) is 18.2 Å². The molecular weight excluding hydrogens is 377 g/mol. The summed E-state index contributed by atoms with van der Waals surface area (Å²) >= 11 is 3.16. The topological polar surface area (TPSA) is 58.2 Å². The largest absolute Gasteiger partial charge is 0.417 e. The van der Waals surface area contributed by atoms with Gasteiger partial charge in [0.05, 0.1) is 16.7 Å². The second kappa shape index (κ2) is 6.82. The quantitative estimate of drug-likeness (QED) is 0.775. The molecule has 23 heavy (non-hydrogen) atoms. The van der Waals surface area contributed by atoms with Crippen molar-refractivity contribution in [2.45, 2.75) is 6.18 Å². The summed E-state index contributed by atoms with van der Waals surface area (Å²) in [5.41, 5.74) is 2.64. The lowest BCUT2D eigenvalue weighted by molar-refractivity contribution is -0.137. The first-order valence-corrected chi connectivity index (χ1v) is 7.11. The minimum atomic E-state index is -4.67. The van der Waals surface area contributed by atoms with Gasteiger partial charge in [0, 0.05) is 4.47 Å². The van der Waals surface area contributed by atoms with Crippen LogP contribution in [0.25, 0.3) is 0 Å². The van der Waals surface area contributed by atoms with E-state index >= 15 is 0 Å². The number of carbonyl (C=O) groups is 2. The number of rotatable bonds is 2. The molecule has 0 unspecified atom stereocenters. The standard InChI is InChI=1S/C15H10BrF3N2O2/c16-12-8-4-2-6-10(12)14(23)21-20-13(22)9-5-1-3-7-11(9)15(17,18)19/h1-8H,(H,20,22)(H,21,23). The molecule has 0 saturated heterocycles. The summed E-state index contributed by atoms with van der Waals surface area (Å²) in [6.07, 6.45) is -4.67. The lowest BCUT2D eigenvalue weighted by Gasteiger charge is -2.13. The minimum absolute atomic E-state index is 0.233. The summed E-state index contributed by atoms with van der Waals surface area (Å²) in [6, 6.07) is 10.7. The lowest BCUT2D eigenvalue weighted by Crippen LogP contribution is -2.42. The SMILES string of the molecule is O=C(NNC(=O)c1ccccc1C(F)(F)F)c1ccccc1Br. The van der Waals surface area contributed by atoms with E-state index in [-0.39, 0.29) is 5.56 Å². The molecule has 4 nitrogen and oxygen atoms in total. The van der Waals surface area contributed by atoms with Crippen LogP contribution in [0.15, 0.2) is 53.0 Å². The smallest absolute Gasteiger partial charge is 0.267 e. The van der Waals surface area contributed by atoms with E-state index in [4.69, 9.17) is 0 Å². The molecule has 8 heteroatoms. The molecule has 0 spiro atoms. The molecule has 0 fully saturated rings. The first-order valence-electron chi connectivity index (χ1n) is 6.32. The van der Waals surface area contributed by atoms with Gasteiger partial charge < -0.3 is 0 Å². The summed E-state index contributed by atoms with van der Waals surface area (Å²) in [6.45, 7) is 0. The van der Waals surface area contributed by atoms with Gasteiger partial charge in [-0.2, -0.15) is 13.2 Å². The Bertz CT molecular complexity index is 747. The Balaban J connectivity index is 2.12. The first-order chi connectivity index (χ1) is 10.8. The Labute approximate surface area is 137 Å². The number of amides is 2. The van der Waals surface area contributed by atoms with Crippen molar-refractivity contribution in [2.75, 3.05) is 0 Å². The van der Waals surface area contributed by atoms with Crippen molar-refractivity contribution in [3.63, 3.8) is 0 Å².